The van der Waals surface area contributed by atoms with Crippen LogP contribution in [0.5, 0.6) is 0 Å². The van der Waals surface area contributed by atoms with Gasteiger partial charge in [-0.05, 0) is 30.7 Å². The minimum absolute atomic E-state index is 0.143. The van der Waals surface area contributed by atoms with Crippen molar-refractivity contribution in [1.82, 2.24) is 9.78 Å². The number of carbonyl (C=O) groups is 1. The Kier molecular flexibility index (Phi) is 2.77. The summed E-state index contributed by atoms with van der Waals surface area (Å²) in [6.07, 6.45) is 1.30. The molecule has 0 amide bonds. The third kappa shape index (κ3) is 1.77. The molecule has 3 nitrogen and oxygen atoms in total. The van der Waals surface area contributed by atoms with Crippen molar-refractivity contribution in [3.63, 3.8) is 0 Å². The normalized spacial score (nSPS) is 12.3. The highest BCUT2D eigenvalue weighted by Gasteiger charge is 2.30. The molecule has 0 atom stereocenters. The quantitative estimate of drug-likeness (QED) is 0.526. The zero-order valence-electron chi connectivity index (χ0n) is 11.6. The maximum Gasteiger partial charge on any atom is 0.170 e. The van der Waals surface area contributed by atoms with Gasteiger partial charge in [0.05, 0.1) is 10.6 Å². The summed E-state index contributed by atoms with van der Waals surface area (Å²) < 4.78 is 28.7. The van der Waals surface area contributed by atoms with Gasteiger partial charge in [-0.2, -0.15) is 5.10 Å². The highest BCUT2D eigenvalue weighted by atomic mass is 32.1. The lowest BCUT2D eigenvalue weighted by Crippen LogP contribution is -2.02. The molecule has 0 radical (unpaired) electrons. The first-order valence-electron chi connectivity index (χ1n) is 6.70. The maximum atomic E-state index is 14.1. The van der Waals surface area contributed by atoms with Gasteiger partial charge in [0.25, 0.3) is 0 Å². The molecular weight excluding hydrogens is 306 g/mol. The van der Waals surface area contributed by atoms with Crippen molar-refractivity contribution in [3.8, 4) is 16.3 Å². The number of thiophene rings is 1. The fourth-order valence-electron chi connectivity index (χ4n) is 2.89. The van der Waals surface area contributed by atoms with E-state index in [9.17, 15) is 13.6 Å². The van der Waals surface area contributed by atoms with E-state index >= 15 is 0 Å². The van der Waals surface area contributed by atoms with Gasteiger partial charge in [-0.15, -0.1) is 11.3 Å². The molecule has 0 fully saturated rings. The van der Waals surface area contributed by atoms with E-state index in [1.54, 1.807) is 11.3 Å². The molecule has 0 aliphatic heterocycles. The van der Waals surface area contributed by atoms with Crippen molar-refractivity contribution in [2.24, 2.45) is 0 Å². The molecule has 1 aliphatic carbocycles. The van der Waals surface area contributed by atoms with Gasteiger partial charge in [-0.3, -0.25) is 4.79 Å². The Morgan fingerprint density at radius 3 is 2.86 bits per heavy atom. The number of hydrogen-bond acceptors (Lipinski definition) is 3. The molecule has 0 bridgehead atoms. The number of aldehydes is 1. The second-order valence-electron chi connectivity index (χ2n) is 5.23. The largest absolute Gasteiger partial charge is 0.296 e. The highest BCUT2D eigenvalue weighted by molar-refractivity contribution is 7.15. The van der Waals surface area contributed by atoms with E-state index in [0.717, 1.165) is 32.6 Å². The number of aromatic nitrogens is 2. The van der Waals surface area contributed by atoms with Crippen LogP contribution in [0.25, 0.3) is 16.3 Å². The molecule has 0 saturated heterocycles. The Morgan fingerprint density at radius 2 is 2.14 bits per heavy atom. The van der Waals surface area contributed by atoms with Gasteiger partial charge in [0.2, 0.25) is 0 Å². The number of hydrogen-bond donors (Lipinski definition) is 0. The number of aryl methyl sites for hydroxylation is 1. The van der Waals surface area contributed by atoms with E-state index in [-0.39, 0.29) is 5.69 Å². The van der Waals surface area contributed by atoms with Crippen LogP contribution in [0.4, 0.5) is 8.78 Å². The molecule has 2 aromatic heterocycles. The van der Waals surface area contributed by atoms with Crippen LogP contribution in [0.1, 0.15) is 26.5 Å². The van der Waals surface area contributed by atoms with Crippen LogP contribution >= 0.6 is 11.3 Å². The van der Waals surface area contributed by atoms with Gasteiger partial charge in [-0.25, -0.2) is 13.5 Å². The van der Waals surface area contributed by atoms with E-state index in [1.807, 2.05) is 6.92 Å². The molecule has 3 aromatic rings. The van der Waals surface area contributed by atoms with Gasteiger partial charge in [0.15, 0.2) is 12.1 Å². The van der Waals surface area contributed by atoms with Crippen molar-refractivity contribution >= 4 is 17.6 Å². The number of nitrogens with zero attached hydrogens (tertiary/aromatic N) is 2. The second kappa shape index (κ2) is 4.58. The van der Waals surface area contributed by atoms with Crippen molar-refractivity contribution in [2.45, 2.75) is 13.3 Å². The summed E-state index contributed by atoms with van der Waals surface area (Å²) in [4.78, 5) is 13.4. The molecular formula is C16H10F2N2OS. The summed E-state index contributed by atoms with van der Waals surface area (Å²) in [5.41, 5.74) is 3.11. The van der Waals surface area contributed by atoms with Gasteiger partial charge in [0, 0.05) is 22.9 Å². The SMILES string of the molecule is Cc1cc2c(s1)-c1c(c(C=O)nn1-c1ccc(F)cc1F)C2. The van der Waals surface area contributed by atoms with Crippen LogP contribution in [0.2, 0.25) is 0 Å². The Balaban J connectivity index is 2.01. The summed E-state index contributed by atoms with van der Waals surface area (Å²) in [5.74, 6) is -1.35. The predicted molar refractivity (Wildman–Crippen MR) is 79.7 cm³/mol. The molecule has 0 unspecified atom stereocenters. The molecule has 1 aliphatic rings. The van der Waals surface area contributed by atoms with E-state index < -0.39 is 11.6 Å². The molecule has 0 spiro atoms. The summed E-state index contributed by atoms with van der Waals surface area (Å²) in [6.45, 7) is 2.00. The smallest absolute Gasteiger partial charge is 0.170 e. The minimum Gasteiger partial charge on any atom is -0.296 e. The third-order valence-corrected chi connectivity index (χ3v) is 4.88. The van der Waals surface area contributed by atoms with Crippen LogP contribution in [0.15, 0.2) is 24.3 Å². The average molecular weight is 316 g/mol. The fourth-order valence-corrected chi connectivity index (χ4v) is 3.98. The Labute approximate surface area is 128 Å². The molecule has 1 aromatic carbocycles. The lowest BCUT2D eigenvalue weighted by molar-refractivity contribution is 0.111. The Morgan fingerprint density at radius 1 is 1.32 bits per heavy atom. The Hall–Kier alpha value is -2.34. The van der Waals surface area contributed by atoms with Crippen LogP contribution < -0.4 is 0 Å². The molecule has 110 valence electrons. The number of fused-ring (bicyclic) bond motifs is 3. The first-order chi connectivity index (χ1) is 10.6. The van der Waals surface area contributed by atoms with E-state index in [2.05, 4.69) is 11.2 Å². The molecule has 6 heteroatoms. The zero-order chi connectivity index (χ0) is 15.4. The third-order valence-electron chi connectivity index (χ3n) is 3.78. The lowest BCUT2D eigenvalue weighted by atomic mass is 10.1. The standard InChI is InChI=1S/C16H10F2N2OS/c1-8-4-9-5-11-13(7-21)19-20(15(11)16(9)22-8)14-3-2-10(17)6-12(14)18/h2-4,6-7H,5H2,1H3. The van der Waals surface area contributed by atoms with Crippen molar-refractivity contribution in [3.05, 3.63) is 57.6 Å². The van der Waals surface area contributed by atoms with Crippen LogP contribution in [-0.2, 0) is 6.42 Å². The fraction of sp³-hybridized carbons (Fsp3) is 0.125. The number of halogens is 2. The molecule has 22 heavy (non-hydrogen) atoms. The van der Waals surface area contributed by atoms with Gasteiger partial charge < -0.3 is 0 Å². The summed E-state index contributed by atoms with van der Waals surface area (Å²) in [7, 11) is 0. The molecule has 4 rings (SSSR count). The van der Waals surface area contributed by atoms with Crippen LogP contribution in [-0.4, -0.2) is 16.1 Å². The van der Waals surface area contributed by atoms with Crippen LogP contribution in [0, 0.1) is 18.6 Å². The van der Waals surface area contributed by atoms with E-state index in [0.29, 0.717) is 18.4 Å². The molecule has 2 heterocycles. The van der Waals surface area contributed by atoms with Crippen molar-refractivity contribution in [2.75, 3.05) is 0 Å². The van der Waals surface area contributed by atoms with E-state index in [1.165, 1.54) is 16.8 Å². The Bertz CT molecular complexity index is 927. The monoisotopic (exact) mass is 316 g/mol. The minimum atomic E-state index is -0.704. The van der Waals surface area contributed by atoms with Crippen LogP contribution in [0.3, 0.4) is 0 Å². The molecule has 0 saturated carbocycles. The highest BCUT2D eigenvalue weighted by Crippen LogP contribution is 2.44. The van der Waals surface area contributed by atoms with Crippen molar-refractivity contribution < 1.29 is 13.6 Å². The molecule has 0 N–H and O–H groups in total. The summed E-state index contributed by atoms with van der Waals surface area (Å²) in [6, 6.07) is 5.41. The topological polar surface area (TPSA) is 34.9 Å². The second-order valence-corrected chi connectivity index (χ2v) is 6.48. The number of benzene rings is 1. The van der Waals surface area contributed by atoms with Crippen molar-refractivity contribution in [1.29, 1.82) is 0 Å². The zero-order valence-corrected chi connectivity index (χ0v) is 12.4. The average Bonchev–Trinajstić information content (AvgIpc) is 3.08. The van der Waals surface area contributed by atoms with Gasteiger partial charge in [-0.1, -0.05) is 0 Å². The number of rotatable bonds is 2. The predicted octanol–water partition coefficient (Wildman–Crippen LogP) is 3.90. The first-order valence-corrected chi connectivity index (χ1v) is 7.52. The van der Waals surface area contributed by atoms with Gasteiger partial charge >= 0.3 is 0 Å². The lowest BCUT2D eigenvalue weighted by Gasteiger charge is -2.07. The summed E-state index contributed by atoms with van der Waals surface area (Å²) >= 11 is 1.59. The first kappa shape index (κ1) is 13.3. The summed E-state index contributed by atoms with van der Waals surface area (Å²) in [5, 5.41) is 4.21. The number of carbonyl (C=O) groups excluding carboxylic acids is 1. The van der Waals surface area contributed by atoms with Gasteiger partial charge in [0.1, 0.15) is 17.2 Å². The maximum absolute atomic E-state index is 14.1. The van der Waals surface area contributed by atoms with E-state index in [4.69, 9.17) is 0 Å².